The van der Waals surface area contributed by atoms with E-state index in [1.54, 1.807) is 0 Å². The molecule has 0 radical (unpaired) electrons. The molecule has 0 spiro atoms. The summed E-state index contributed by atoms with van der Waals surface area (Å²) >= 11 is 0. The van der Waals surface area contributed by atoms with Gasteiger partial charge in [0.05, 0.1) is 17.6 Å². The van der Waals surface area contributed by atoms with Gasteiger partial charge in [0.25, 0.3) is 0 Å². The smallest absolute Gasteiger partial charge is 0.0952 e. The van der Waals surface area contributed by atoms with E-state index >= 15 is 0 Å². The maximum atomic E-state index is 5.74. The highest BCUT2D eigenvalue weighted by atomic mass is 16.5. The van der Waals surface area contributed by atoms with Crippen LogP contribution in [0.15, 0.2) is 12.5 Å². The van der Waals surface area contributed by atoms with Crippen LogP contribution in [0.5, 0.6) is 0 Å². The molecule has 0 saturated carbocycles. The third kappa shape index (κ3) is 3.30. The summed E-state index contributed by atoms with van der Waals surface area (Å²) in [6.45, 7) is 9.12. The Balaban J connectivity index is 1.99. The summed E-state index contributed by atoms with van der Waals surface area (Å²) in [5.74, 6) is 0. The van der Waals surface area contributed by atoms with Crippen LogP contribution in [-0.2, 0) is 11.3 Å². The third-order valence-electron chi connectivity index (χ3n) is 3.30. The Bertz CT molecular complexity index is 359. The number of nitrogens with zero attached hydrogens (tertiary/aromatic N) is 2. The zero-order valence-electron chi connectivity index (χ0n) is 11.1. The molecule has 96 valence electrons. The predicted molar refractivity (Wildman–Crippen MR) is 67.9 cm³/mol. The maximum absolute atomic E-state index is 5.74. The summed E-state index contributed by atoms with van der Waals surface area (Å²) < 4.78 is 7.99. The molecule has 4 heteroatoms. The van der Waals surface area contributed by atoms with E-state index in [1.165, 1.54) is 0 Å². The molecular weight excluding hydrogens is 214 g/mol. The Labute approximate surface area is 103 Å². The van der Waals surface area contributed by atoms with Crippen molar-refractivity contribution in [2.24, 2.45) is 0 Å². The number of hydrogen-bond donors (Lipinski definition) is 1. The number of imidazole rings is 1. The van der Waals surface area contributed by atoms with Gasteiger partial charge in [-0.2, -0.15) is 0 Å². The maximum Gasteiger partial charge on any atom is 0.0952 e. The molecule has 2 rings (SSSR count). The largest absolute Gasteiger partial charge is 0.375 e. The average molecular weight is 237 g/mol. The molecule has 0 aromatic carbocycles. The van der Waals surface area contributed by atoms with Crippen molar-refractivity contribution in [3.63, 3.8) is 0 Å². The van der Waals surface area contributed by atoms with Gasteiger partial charge in [0.1, 0.15) is 0 Å². The van der Waals surface area contributed by atoms with Gasteiger partial charge in [0.2, 0.25) is 0 Å². The predicted octanol–water partition coefficient (Wildman–Crippen LogP) is 2.12. The van der Waals surface area contributed by atoms with Crippen LogP contribution >= 0.6 is 0 Å². The van der Waals surface area contributed by atoms with Crippen LogP contribution in [0.2, 0.25) is 0 Å². The Morgan fingerprint density at radius 2 is 2.41 bits per heavy atom. The van der Waals surface area contributed by atoms with Gasteiger partial charge in [-0.3, -0.25) is 0 Å². The summed E-state index contributed by atoms with van der Waals surface area (Å²) in [4.78, 5) is 4.44. The lowest BCUT2D eigenvalue weighted by atomic mass is 9.94. The second-order valence-electron chi connectivity index (χ2n) is 5.35. The van der Waals surface area contributed by atoms with Crippen molar-refractivity contribution >= 4 is 0 Å². The average Bonchev–Trinajstić information content (AvgIpc) is 2.73. The summed E-state index contributed by atoms with van der Waals surface area (Å²) in [6, 6.07) is 0.529. The van der Waals surface area contributed by atoms with E-state index in [4.69, 9.17) is 4.74 Å². The van der Waals surface area contributed by atoms with Crippen LogP contribution in [0.25, 0.3) is 0 Å². The Morgan fingerprint density at radius 1 is 1.59 bits per heavy atom. The van der Waals surface area contributed by atoms with Gasteiger partial charge in [-0.05, 0) is 33.2 Å². The molecular formula is C13H23N3O. The van der Waals surface area contributed by atoms with E-state index in [9.17, 15) is 0 Å². The van der Waals surface area contributed by atoms with Gasteiger partial charge < -0.3 is 14.6 Å². The molecule has 1 aromatic heterocycles. The Morgan fingerprint density at radius 3 is 3.12 bits per heavy atom. The molecule has 1 atom stereocenters. The monoisotopic (exact) mass is 237 g/mol. The van der Waals surface area contributed by atoms with E-state index in [2.05, 4.69) is 41.8 Å². The van der Waals surface area contributed by atoms with Crippen molar-refractivity contribution in [3.05, 3.63) is 18.2 Å². The minimum atomic E-state index is -0.00494. The van der Waals surface area contributed by atoms with Crippen LogP contribution in [0, 0.1) is 0 Å². The summed E-state index contributed by atoms with van der Waals surface area (Å²) in [7, 11) is 0. The normalized spacial score (nSPS) is 23.8. The highest BCUT2D eigenvalue weighted by Gasteiger charge is 2.29. The molecule has 1 aromatic rings. The van der Waals surface area contributed by atoms with E-state index in [0.717, 1.165) is 38.2 Å². The molecule has 17 heavy (non-hydrogen) atoms. The molecule has 1 fully saturated rings. The number of hydrogen-bond acceptors (Lipinski definition) is 3. The lowest BCUT2D eigenvalue weighted by molar-refractivity contribution is -0.0691. The fourth-order valence-corrected chi connectivity index (χ4v) is 2.38. The zero-order chi connectivity index (χ0) is 12.3. The highest BCUT2D eigenvalue weighted by Crippen LogP contribution is 2.31. The summed E-state index contributed by atoms with van der Waals surface area (Å²) in [6.07, 6.45) is 6.26. The number of ether oxygens (including phenoxy) is 1. The lowest BCUT2D eigenvalue weighted by Gasteiger charge is -2.36. The molecule has 1 unspecified atom stereocenters. The molecule has 0 aliphatic carbocycles. The topological polar surface area (TPSA) is 39.1 Å². The number of aromatic nitrogens is 2. The van der Waals surface area contributed by atoms with Gasteiger partial charge >= 0.3 is 0 Å². The lowest BCUT2D eigenvalue weighted by Crippen LogP contribution is -2.34. The van der Waals surface area contributed by atoms with Crippen molar-refractivity contribution in [1.29, 1.82) is 0 Å². The first-order valence-electron chi connectivity index (χ1n) is 6.48. The van der Waals surface area contributed by atoms with Crippen molar-refractivity contribution in [2.45, 2.75) is 51.8 Å². The summed E-state index contributed by atoms with van der Waals surface area (Å²) in [5, 5.41) is 3.30. The van der Waals surface area contributed by atoms with Gasteiger partial charge in [-0.25, -0.2) is 4.98 Å². The molecule has 1 saturated heterocycles. The van der Waals surface area contributed by atoms with E-state index in [-0.39, 0.29) is 5.60 Å². The Kier molecular flexibility index (Phi) is 3.84. The van der Waals surface area contributed by atoms with Crippen LogP contribution in [-0.4, -0.2) is 28.3 Å². The standard InChI is InChI=1S/C13H23N3O/c1-4-14-8-11-9-16(10-15-11)12-5-6-17-13(2,3)7-12/h9-10,12,14H,4-8H2,1-3H3. The zero-order valence-corrected chi connectivity index (χ0v) is 11.1. The minimum Gasteiger partial charge on any atom is -0.375 e. The van der Waals surface area contributed by atoms with Crippen LogP contribution in [0.3, 0.4) is 0 Å². The quantitative estimate of drug-likeness (QED) is 0.872. The Hall–Kier alpha value is -0.870. The first-order valence-corrected chi connectivity index (χ1v) is 6.48. The second-order valence-corrected chi connectivity index (χ2v) is 5.35. The molecule has 4 nitrogen and oxygen atoms in total. The van der Waals surface area contributed by atoms with Gasteiger partial charge in [0, 0.05) is 25.4 Å². The van der Waals surface area contributed by atoms with Gasteiger partial charge in [0.15, 0.2) is 0 Å². The molecule has 2 heterocycles. The van der Waals surface area contributed by atoms with Crippen molar-refractivity contribution in [2.75, 3.05) is 13.2 Å². The number of nitrogens with one attached hydrogen (secondary N) is 1. The minimum absolute atomic E-state index is 0.00494. The van der Waals surface area contributed by atoms with E-state index < -0.39 is 0 Å². The molecule has 1 aliphatic rings. The van der Waals surface area contributed by atoms with Crippen LogP contribution in [0.4, 0.5) is 0 Å². The SMILES string of the molecule is CCNCc1cn(C2CCOC(C)(C)C2)cn1. The highest BCUT2D eigenvalue weighted by molar-refractivity contribution is 4.99. The summed E-state index contributed by atoms with van der Waals surface area (Å²) in [5.41, 5.74) is 1.12. The van der Waals surface area contributed by atoms with E-state index in [0.29, 0.717) is 6.04 Å². The fourth-order valence-electron chi connectivity index (χ4n) is 2.38. The van der Waals surface area contributed by atoms with Crippen molar-refractivity contribution in [3.8, 4) is 0 Å². The molecule has 1 N–H and O–H groups in total. The van der Waals surface area contributed by atoms with Gasteiger partial charge in [-0.1, -0.05) is 6.92 Å². The van der Waals surface area contributed by atoms with Crippen LogP contribution < -0.4 is 5.32 Å². The number of rotatable bonds is 4. The third-order valence-corrected chi connectivity index (χ3v) is 3.30. The van der Waals surface area contributed by atoms with Gasteiger partial charge in [-0.15, -0.1) is 0 Å². The van der Waals surface area contributed by atoms with Crippen molar-refractivity contribution in [1.82, 2.24) is 14.9 Å². The first kappa shape index (κ1) is 12.6. The molecule has 0 amide bonds. The van der Waals surface area contributed by atoms with Crippen LogP contribution in [0.1, 0.15) is 45.3 Å². The van der Waals surface area contributed by atoms with Crippen molar-refractivity contribution < 1.29 is 4.74 Å². The second kappa shape index (κ2) is 5.19. The molecule has 1 aliphatic heterocycles. The van der Waals surface area contributed by atoms with E-state index in [1.807, 2.05) is 6.33 Å². The fraction of sp³-hybridized carbons (Fsp3) is 0.769. The first-order chi connectivity index (χ1) is 8.11. The molecule has 0 bridgehead atoms.